The molecular formula is C29H32ClN3O2. The Kier molecular flexibility index (Phi) is 8.79. The third-order valence-corrected chi connectivity index (χ3v) is 6.36. The molecule has 5 nitrogen and oxygen atoms in total. The fraction of sp³-hybridized carbons (Fsp3) is 0.310. The minimum atomic E-state index is 0.0634. The number of unbranched alkanes of at least 4 members (excludes halogenated alkanes) is 1. The van der Waals surface area contributed by atoms with E-state index in [1.165, 1.54) is 0 Å². The molecule has 4 aromatic rings. The largest absolute Gasteiger partial charge is 0.494 e. The first kappa shape index (κ1) is 24.8. The number of hydrogen-bond acceptors (Lipinski definition) is 3. The van der Waals surface area contributed by atoms with E-state index >= 15 is 0 Å². The Bertz CT molecular complexity index is 1250. The topological polar surface area (TPSA) is 56.2 Å². The van der Waals surface area contributed by atoms with E-state index in [1.54, 1.807) is 0 Å². The zero-order valence-electron chi connectivity index (χ0n) is 20.2. The van der Waals surface area contributed by atoms with Crippen molar-refractivity contribution in [3.8, 4) is 5.75 Å². The van der Waals surface area contributed by atoms with E-state index in [1.807, 2.05) is 61.5 Å². The zero-order chi connectivity index (χ0) is 24.5. The number of fused-ring (bicyclic) bond motifs is 1. The molecule has 0 spiro atoms. The number of aryl methyl sites for hydroxylation is 3. The second kappa shape index (κ2) is 12.4. The first-order valence-corrected chi connectivity index (χ1v) is 12.6. The molecule has 0 saturated carbocycles. The van der Waals surface area contributed by atoms with Crippen molar-refractivity contribution in [1.29, 1.82) is 0 Å². The Balaban J connectivity index is 1.26. The van der Waals surface area contributed by atoms with Gasteiger partial charge in [0.05, 0.1) is 24.1 Å². The van der Waals surface area contributed by atoms with E-state index < -0.39 is 0 Å². The van der Waals surface area contributed by atoms with Crippen LogP contribution in [0.2, 0.25) is 5.02 Å². The van der Waals surface area contributed by atoms with Crippen LogP contribution in [0.25, 0.3) is 11.0 Å². The lowest BCUT2D eigenvalue weighted by Crippen LogP contribution is -2.26. The second-order valence-corrected chi connectivity index (χ2v) is 9.17. The van der Waals surface area contributed by atoms with Gasteiger partial charge in [0.2, 0.25) is 5.91 Å². The number of imidazole rings is 1. The van der Waals surface area contributed by atoms with Gasteiger partial charge in [-0.2, -0.15) is 0 Å². The van der Waals surface area contributed by atoms with E-state index in [0.717, 1.165) is 66.0 Å². The summed E-state index contributed by atoms with van der Waals surface area (Å²) in [4.78, 5) is 17.2. The number of benzene rings is 3. The highest BCUT2D eigenvalue weighted by Gasteiger charge is 2.11. The van der Waals surface area contributed by atoms with E-state index in [-0.39, 0.29) is 5.91 Å². The number of ether oxygens (including phenoxy) is 1. The summed E-state index contributed by atoms with van der Waals surface area (Å²) in [6, 6.07) is 23.7. The third kappa shape index (κ3) is 7.09. The van der Waals surface area contributed by atoms with Crippen molar-refractivity contribution in [2.45, 2.75) is 45.6 Å². The first-order valence-electron chi connectivity index (χ1n) is 12.2. The number of aromatic nitrogens is 2. The number of nitrogens with one attached hydrogen (secondary N) is 1. The van der Waals surface area contributed by atoms with Crippen molar-refractivity contribution < 1.29 is 9.53 Å². The van der Waals surface area contributed by atoms with Crippen LogP contribution in [0.1, 0.15) is 36.2 Å². The van der Waals surface area contributed by atoms with Crippen LogP contribution in [-0.2, 0) is 24.2 Å². The highest BCUT2D eigenvalue weighted by Crippen LogP contribution is 2.19. The molecule has 0 aliphatic carbocycles. The maximum Gasteiger partial charge on any atom is 0.224 e. The molecule has 0 bridgehead atoms. The predicted octanol–water partition coefficient (Wildman–Crippen LogP) is 6.15. The molecule has 4 rings (SSSR count). The molecular weight excluding hydrogens is 458 g/mol. The predicted molar refractivity (Wildman–Crippen MR) is 142 cm³/mol. The van der Waals surface area contributed by atoms with E-state index in [2.05, 4.69) is 28.1 Å². The van der Waals surface area contributed by atoms with Crippen LogP contribution in [0.5, 0.6) is 5.75 Å². The quantitative estimate of drug-likeness (QED) is 0.243. The van der Waals surface area contributed by atoms with Gasteiger partial charge < -0.3 is 14.6 Å². The Labute approximate surface area is 212 Å². The summed E-state index contributed by atoms with van der Waals surface area (Å²) < 4.78 is 8.14. The molecule has 182 valence electrons. The molecule has 0 atom stereocenters. The van der Waals surface area contributed by atoms with E-state index in [0.29, 0.717) is 24.6 Å². The highest BCUT2D eigenvalue weighted by atomic mass is 35.5. The Morgan fingerprint density at radius 3 is 2.57 bits per heavy atom. The molecule has 0 radical (unpaired) electrons. The van der Waals surface area contributed by atoms with Crippen molar-refractivity contribution >= 4 is 28.5 Å². The maximum atomic E-state index is 12.4. The molecule has 0 aliphatic heterocycles. The smallest absolute Gasteiger partial charge is 0.224 e. The third-order valence-electron chi connectivity index (χ3n) is 6.10. The Morgan fingerprint density at radius 1 is 0.971 bits per heavy atom. The van der Waals surface area contributed by atoms with E-state index in [9.17, 15) is 4.79 Å². The van der Waals surface area contributed by atoms with Gasteiger partial charge in [-0.05, 0) is 73.7 Å². The van der Waals surface area contributed by atoms with Crippen molar-refractivity contribution in [2.24, 2.45) is 0 Å². The van der Waals surface area contributed by atoms with Gasteiger partial charge in [0, 0.05) is 24.5 Å². The molecule has 3 aromatic carbocycles. The summed E-state index contributed by atoms with van der Waals surface area (Å²) in [5, 5.41) is 3.77. The molecule has 1 N–H and O–H groups in total. The summed E-state index contributed by atoms with van der Waals surface area (Å²) >= 11 is 5.93. The van der Waals surface area contributed by atoms with Crippen LogP contribution in [0.3, 0.4) is 0 Å². The standard InChI is InChI=1S/C29H32ClN3O2/c1-22-9-2-3-10-23(22)21-29(34)31-18-8-13-28-32-26-11-4-5-12-27(26)33(28)19-6-7-20-35-25-16-14-24(30)15-17-25/h2-5,9-12,14-17H,6-8,13,18-21H2,1H3,(H,31,34). The number of nitrogens with zero attached hydrogens (tertiary/aromatic N) is 2. The summed E-state index contributed by atoms with van der Waals surface area (Å²) in [7, 11) is 0. The van der Waals surface area contributed by atoms with Gasteiger partial charge in [-0.3, -0.25) is 4.79 Å². The fourth-order valence-corrected chi connectivity index (χ4v) is 4.30. The van der Waals surface area contributed by atoms with Gasteiger partial charge >= 0.3 is 0 Å². The normalized spacial score (nSPS) is 11.0. The minimum absolute atomic E-state index is 0.0634. The SMILES string of the molecule is Cc1ccccc1CC(=O)NCCCc1nc2ccccc2n1CCCCOc1ccc(Cl)cc1. The number of para-hydroxylation sites is 2. The lowest BCUT2D eigenvalue weighted by Gasteiger charge is -2.11. The molecule has 1 aromatic heterocycles. The summed E-state index contributed by atoms with van der Waals surface area (Å²) in [6.45, 7) is 4.23. The molecule has 0 unspecified atom stereocenters. The molecule has 6 heteroatoms. The van der Waals surface area contributed by atoms with Crippen LogP contribution in [0.4, 0.5) is 0 Å². The van der Waals surface area contributed by atoms with Crippen molar-refractivity contribution in [3.05, 3.63) is 94.8 Å². The Hall–Kier alpha value is -3.31. The number of halogens is 1. The van der Waals surface area contributed by atoms with Crippen molar-refractivity contribution in [3.63, 3.8) is 0 Å². The fourth-order valence-electron chi connectivity index (χ4n) is 4.18. The van der Waals surface area contributed by atoms with Gasteiger partial charge in [-0.25, -0.2) is 4.98 Å². The van der Waals surface area contributed by atoms with Gasteiger partial charge in [0.25, 0.3) is 0 Å². The minimum Gasteiger partial charge on any atom is -0.494 e. The zero-order valence-corrected chi connectivity index (χ0v) is 20.9. The van der Waals surface area contributed by atoms with Crippen LogP contribution in [0, 0.1) is 6.92 Å². The van der Waals surface area contributed by atoms with Crippen LogP contribution in [-0.4, -0.2) is 28.6 Å². The summed E-state index contributed by atoms with van der Waals surface area (Å²) in [5.41, 5.74) is 4.40. The number of carbonyl (C=O) groups excluding carboxylic acids is 1. The van der Waals surface area contributed by atoms with Crippen LogP contribution >= 0.6 is 11.6 Å². The molecule has 1 heterocycles. The molecule has 0 fully saturated rings. The lowest BCUT2D eigenvalue weighted by molar-refractivity contribution is -0.120. The monoisotopic (exact) mass is 489 g/mol. The first-order chi connectivity index (χ1) is 17.1. The number of amides is 1. The lowest BCUT2D eigenvalue weighted by atomic mass is 10.1. The van der Waals surface area contributed by atoms with Crippen LogP contribution in [0.15, 0.2) is 72.8 Å². The average molecular weight is 490 g/mol. The Morgan fingerprint density at radius 2 is 1.74 bits per heavy atom. The number of carbonyl (C=O) groups is 1. The van der Waals surface area contributed by atoms with Gasteiger partial charge in [0.1, 0.15) is 11.6 Å². The molecule has 0 aliphatic rings. The highest BCUT2D eigenvalue weighted by molar-refractivity contribution is 6.30. The maximum absolute atomic E-state index is 12.4. The van der Waals surface area contributed by atoms with Gasteiger partial charge in [0.15, 0.2) is 0 Å². The van der Waals surface area contributed by atoms with Crippen molar-refractivity contribution in [2.75, 3.05) is 13.2 Å². The number of hydrogen-bond donors (Lipinski definition) is 1. The van der Waals surface area contributed by atoms with Crippen molar-refractivity contribution in [1.82, 2.24) is 14.9 Å². The molecule has 1 amide bonds. The van der Waals surface area contributed by atoms with E-state index in [4.69, 9.17) is 21.3 Å². The summed E-state index contributed by atoms with van der Waals surface area (Å²) in [5.74, 6) is 1.97. The van der Waals surface area contributed by atoms with Gasteiger partial charge in [-0.15, -0.1) is 0 Å². The summed E-state index contributed by atoms with van der Waals surface area (Å²) in [6.07, 6.45) is 4.03. The van der Waals surface area contributed by atoms with Gasteiger partial charge in [-0.1, -0.05) is 48.0 Å². The average Bonchev–Trinajstić information content (AvgIpc) is 3.21. The number of rotatable bonds is 12. The molecule has 0 saturated heterocycles. The molecule has 35 heavy (non-hydrogen) atoms. The van der Waals surface area contributed by atoms with Crippen LogP contribution < -0.4 is 10.1 Å². The second-order valence-electron chi connectivity index (χ2n) is 8.73.